The Hall–Kier alpha value is -2.78. The molecule has 1 aromatic heterocycles. The number of imidazole rings is 1. The van der Waals surface area contributed by atoms with Crippen molar-refractivity contribution in [3.63, 3.8) is 0 Å². The topological polar surface area (TPSA) is 85.3 Å². The van der Waals surface area contributed by atoms with Crippen LogP contribution in [0.4, 0.5) is 10.5 Å². The lowest BCUT2D eigenvalue weighted by Crippen LogP contribution is -2.51. The molecule has 0 spiro atoms. The van der Waals surface area contributed by atoms with E-state index in [2.05, 4.69) is 43.7 Å². The zero-order valence-electron chi connectivity index (χ0n) is 20.2. The van der Waals surface area contributed by atoms with E-state index < -0.39 is 17.7 Å². The summed E-state index contributed by atoms with van der Waals surface area (Å²) in [6, 6.07) is 13.0. The normalized spacial score (nSPS) is 16.2. The standard InChI is InChI=1S/C26H29BrN4O3S/c1-26(2,3)34-25(33)30-23(21-12-8-17-5-9-18(27)13-22(17)35-21)24(32)29-19-10-6-16(7-11-19)20-14-28-15-31(20)4/h5-7,9-11,13-15,21,23H,8,12H2,1-4H3,(H,29,32)(H,30,33)/t21?,23-/m0/s1. The van der Waals surface area contributed by atoms with Crippen LogP contribution in [-0.4, -0.2) is 38.4 Å². The molecule has 0 bridgehead atoms. The van der Waals surface area contributed by atoms with Crippen LogP contribution >= 0.6 is 27.7 Å². The van der Waals surface area contributed by atoms with Crippen LogP contribution < -0.4 is 10.6 Å². The van der Waals surface area contributed by atoms with Crippen molar-refractivity contribution in [2.24, 2.45) is 7.05 Å². The SMILES string of the molecule is Cn1cncc1-c1ccc(NC(=O)[C@@H](NC(=O)OC(C)(C)C)C2CCc3ccc(Br)cc3S2)cc1. The number of nitrogens with zero attached hydrogens (tertiary/aromatic N) is 2. The number of carbonyl (C=O) groups is 2. The molecule has 0 fully saturated rings. The summed E-state index contributed by atoms with van der Waals surface area (Å²) in [5, 5.41) is 5.67. The van der Waals surface area contributed by atoms with Gasteiger partial charge in [0.05, 0.1) is 18.2 Å². The van der Waals surface area contributed by atoms with E-state index in [0.29, 0.717) is 5.69 Å². The minimum atomic E-state index is -0.765. The molecule has 0 saturated heterocycles. The second kappa shape index (κ2) is 10.5. The minimum Gasteiger partial charge on any atom is -0.444 e. The number of hydrogen-bond donors (Lipinski definition) is 2. The fraction of sp³-hybridized carbons (Fsp3) is 0.346. The van der Waals surface area contributed by atoms with E-state index in [-0.39, 0.29) is 11.2 Å². The van der Waals surface area contributed by atoms with E-state index in [1.807, 2.05) is 41.9 Å². The molecule has 2 N–H and O–H groups in total. The molecule has 1 aliphatic heterocycles. The lowest BCUT2D eigenvalue weighted by Gasteiger charge is -2.31. The number of benzene rings is 2. The van der Waals surface area contributed by atoms with E-state index in [0.717, 1.165) is 33.5 Å². The van der Waals surface area contributed by atoms with Gasteiger partial charge in [0.25, 0.3) is 0 Å². The number of nitrogens with one attached hydrogen (secondary N) is 2. The number of amides is 2. The third kappa shape index (κ3) is 6.46. The summed E-state index contributed by atoms with van der Waals surface area (Å²) >= 11 is 5.14. The summed E-state index contributed by atoms with van der Waals surface area (Å²) < 4.78 is 8.38. The smallest absolute Gasteiger partial charge is 0.408 e. The van der Waals surface area contributed by atoms with Crippen molar-refractivity contribution >= 4 is 45.4 Å². The first-order valence-corrected chi connectivity index (χ1v) is 13.1. The summed E-state index contributed by atoms with van der Waals surface area (Å²) in [5.74, 6) is -0.278. The van der Waals surface area contributed by atoms with E-state index in [1.54, 1.807) is 45.1 Å². The average Bonchev–Trinajstić information content (AvgIpc) is 3.22. The van der Waals surface area contributed by atoms with Gasteiger partial charge in [-0.05, 0) is 69.0 Å². The first-order chi connectivity index (χ1) is 16.6. The molecule has 3 aromatic rings. The van der Waals surface area contributed by atoms with Gasteiger partial charge in [-0.15, -0.1) is 11.8 Å². The van der Waals surface area contributed by atoms with Crippen LogP contribution in [0.5, 0.6) is 0 Å². The second-order valence-corrected chi connectivity index (χ2v) is 11.7. The monoisotopic (exact) mass is 556 g/mol. The van der Waals surface area contributed by atoms with Crippen LogP contribution in [0.2, 0.25) is 0 Å². The predicted molar refractivity (Wildman–Crippen MR) is 143 cm³/mol. The molecule has 4 rings (SSSR count). The Morgan fingerprint density at radius 3 is 2.60 bits per heavy atom. The van der Waals surface area contributed by atoms with E-state index in [9.17, 15) is 9.59 Å². The van der Waals surface area contributed by atoms with Crippen LogP contribution in [0.25, 0.3) is 11.3 Å². The molecule has 2 aromatic carbocycles. The predicted octanol–water partition coefficient (Wildman–Crippen LogP) is 5.79. The number of thioether (sulfide) groups is 1. The number of halogens is 1. The molecule has 184 valence electrons. The van der Waals surface area contributed by atoms with Crippen LogP contribution in [-0.2, 0) is 23.0 Å². The molecule has 0 saturated carbocycles. The Morgan fingerprint density at radius 2 is 1.94 bits per heavy atom. The summed E-state index contributed by atoms with van der Waals surface area (Å²) in [4.78, 5) is 31.3. The summed E-state index contributed by atoms with van der Waals surface area (Å²) in [6.07, 6.45) is 4.53. The van der Waals surface area contributed by atoms with E-state index in [4.69, 9.17) is 4.74 Å². The van der Waals surface area contributed by atoms with Gasteiger partial charge in [0.1, 0.15) is 11.6 Å². The number of aromatic nitrogens is 2. The largest absolute Gasteiger partial charge is 0.444 e. The Balaban J connectivity index is 1.53. The van der Waals surface area contributed by atoms with Gasteiger partial charge in [-0.25, -0.2) is 9.78 Å². The van der Waals surface area contributed by atoms with Crippen LogP contribution in [0.3, 0.4) is 0 Å². The van der Waals surface area contributed by atoms with Crippen molar-refractivity contribution in [3.8, 4) is 11.3 Å². The number of fused-ring (bicyclic) bond motifs is 1. The third-order valence-corrected chi connectivity index (χ3v) is 7.53. The van der Waals surface area contributed by atoms with Gasteiger partial charge in [-0.3, -0.25) is 4.79 Å². The van der Waals surface area contributed by atoms with Gasteiger partial charge < -0.3 is 19.9 Å². The summed E-state index contributed by atoms with van der Waals surface area (Å²) in [7, 11) is 1.93. The Bertz CT molecular complexity index is 1220. The summed E-state index contributed by atoms with van der Waals surface area (Å²) in [6.45, 7) is 5.40. The fourth-order valence-corrected chi connectivity index (χ4v) is 5.86. The van der Waals surface area contributed by atoms with Crippen molar-refractivity contribution in [2.75, 3.05) is 5.32 Å². The molecule has 7 nitrogen and oxygen atoms in total. The van der Waals surface area contributed by atoms with Crippen molar-refractivity contribution in [3.05, 3.63) is 65.0 Å². The number of alkyl carbamates (subject to hydrolysis) is 1. The van der Waals surface area contributed by atoms with Gasteiger partial charge in [0.2, 0.25) is 5.91 Å². The molecular formula is C26H29BrN4O3S. The van der Waals surface area contributed by atoms with Gasteiger partial charge in [0, 0.05) is 27.4 Å². The van der Waals surface area contributed by atoms with Gasteiger partial charge in [-0.2, -0.15) is 0 Å². The lowest BCUT2D eigenvalue weighted by atomic mass is 10.0. The number of rotatable bonds is 5. The quantitative estimate of drug-likeness (QED) is 0.415. The first kappa shape index (κ1) is 25.3. The van der Waals surface area contributed by atoms with Gasteiger partial charge in [-0.1, -0.05) is 34.1 Å². The van der Waals surface area contributed by atoms with Crippen molar-refractivity contribution in [2.45, 2.75) is 55.4 Å². The molecule has 1 aliphatic rings. The maximum atomic E-state index is 13.4. The van der Waals surface area contributed by atoms with Crippen LogP contribution in [0.15, 0.2) is 64.4 Å². The van der Waals surface area contributed by atoms with Crippen LogP contribution in [0.1, 0.15) is 32.8 Å². The Kier molecular flexibility index (Phi) is 7.56. The zero-order valence-corrected chi connectivity index (χ0v) is 22.6. The third-order valence-electron chi connectivity index (χ3n) is 5.60. The van der Waals surface area contributed by atoms with E-state index in [1.165, 1.54) is 5.56 Å². The minimum absolute atomic E-state index is 0.141. The lowest BCUT2D eigenvalue weighted by molar-refractivity contribution is -0.118. The molecule has 2 heterocycles. The Morgan fingerprint density at radius 1 is 1.20 bits per heavy atom. The highest BCUT2D eigenvalue weighted by Gasteiger charge is 2.34. The molecule has 1 unspecified atom stereocenters. The Labute approximate surface area is 218 Å². The molecule has 2 amide bonds. The van der Waals surface area contributed by atoms with Crippen molar-refractivity contribution in [1.82, 2.24) is 14.9 Å². The zero-order chi connectivity index (χ0) is 25.2. The highest BCUT2D eigenvalue weighted by atomic mass is 79.9. The number of carbonyl (C=O) groups excluding carboxylic acids is 2. The maximum Gasteiger partial charge on any atom is 0.408 e. The average molecular weight is 558 g/mol. The molecule has 0 aliphatic carbocycles. The second-order valence-electron chi connectivity index (χ2n) is 9.53. The molecule has 9 heteroatoms. The number of hydrogen-bond acceptors (Lipinski definition) is 5. The van der Waals surface area contributed by atoms with E-state index >= 15 is 0 Å². The molecule has 35 heavy (non-hydrogen) atoms. The highest BCUT2D eigenvalue weighted by molar-refractivity contribution is 9.10. The number of anilines is 1. The molecule has 0 radical (unpaired) electrons. The van der Waals surface area contributed by atoms with Gasteiger partial charge >= 0.3 is 6.09 Å². The molecular weight excluding hydrogens is 528 g/mol. The van der Waals surface area contributed by atoms with Crippen molar-refractivity contribution < 1.29 is 14.3 Å². The number of aryl methyl sites for hydroxylation is 2. The molecule has 2 atom stereocenters. The fourth-order valence-electron chi connectivity index (χ4n) is 3.94. The van der Waals surface area contributed by atoms with Gasteiger partial charge in [0.15, 0.2) is 0 Å². The maximum absolute atomic E-state index is 13.4. The summed E-state index contributed by atoms with van der Waals surface area (Å²) in [5.41, 5.74) is 3.22. The van der Waals surface area contributed by atoms with Crippen molar-refractivity contribution in [1.29, 1.82) is 0 Å². The van der Waals surface area contributed by atoms with Crippen LogP contribution in [0, 0.1) is 0 Å². The number of ether oxygens (including phenoxy) is 1. The highest BCUT2D eigenvalue weighted by Crippen LogP contribution is 2.38. The first-order valence-electron chi connectivity index (χ1n) is 11.4.